The lowest BCUT2D eigenvalue weighted by Crippen LogP contribution is -2.05. The van der Waals surface area contributed by atoms with E-state index in [-0.39, 0.29) is 5.88 Å². The predicted octanol–water partition coefficient (Wildman–Crippen LogP) is 6.28. The van der Waals surface area contributed by atoms with Crippen molar-refractivity contribution in [2.45, 2.75) is 6.92 Å². The number of carbonyl (C=O) groups excluding carboxylic acids is 1. The number of fused-ring (bicyclic) bond motifs is 1. The van der Waals surface area contributed by atoms with Gasteiger partial charge < -0.3 is 14.8 Å². The van der Waals surface area contributed by atoms with Crippen LogP contribution in [0.2, 0.25) is 0 Å². The van der Waals surface area contributed by atoms with Crippen LogP contribution in [-0.2, 0) is 4.74 Å². The van der Waals surface area contributed by atoms with Gasteiger partial charge in [0.2, 0.25) is 0 Å². The van der Waals surface area contributed by atoms with Crippen molar-refractivity contribution in [3.05, 3.63) is 114 Å². The lowest BCUT2D eigenvalue weighted by Gasteiger charge is -2.08. The maximum Gasteiger partial charge on any atom is 0.338 e. The number of aromatic hydroxyl groups is 1. The summed E-state index contributed by atoms with van der Waals surface area (Å²) in [4.78, 5) is 24.5. The molecule has 2 aromatic heterocycles. The average molecular weight is 462 g/mol. The zero-order chi connectivity index (χ0) is 24.2. The lowest BCUT2D eigenvalue weighted by atomic mass is 10.00. The first-order valence-electron chi connectivity index (χ1n) is 11.3. The Balaban J connectivity index is 1.61. The van der Waals surface area contributed by atoms with Crippen LogP contribution in [0.4, 0.5) is 5.69 Å². The van der Waals surface area contributed by atoms with Gasteiger partial charge in [-0.1, -0.05) is 54.6 Å². The molecule has 6 nitrogen and oxygen atoms in total. The topological polar surface area (TPSA) is 87.6 Å². The molecule has 0 atom stereocenters. The highest BCUT2D eigenvalue weighted by molar-refractivity contribution is 6.22. The van der Waals surface area contributed by atoms with Crippen LogP contribution in [0.15, 0.2) is 102 Å². The van der Waals surface area contributed by atoms with Gasteiger partial charge in [-0.3, -0.25) is 4.98 Å². The van der Waals surface area contributed by atoms with E-state index in [0.717, 1.165) is 27.9 Å². The van der Waals surface area contributed by atoms with Gasteiger partial charge in [-0.15, -0.1) is 0 Å². The number of carbonyl (C=O) groups is 1. The number of aromatic amines is 1. The summed E-state index contributed by atoms with van der Waals surface area (Å²) in [7, 11) is 0. The lowest BCUT2D eigenvalue weighted by molar-refractivity contribution is 0.0526. The van der Waals surface area contributed by atoms with Gasteiger partial charge in [0, 0.05) is 28.2 Å². The van der Waals surface area contributed by atoms with Crippen LogP contribution < -0.4 is 0 Å². The Bertz CT molecular complexity index is 1510. The maximum atomic E-state index is 12.2. The molecule has 0 radical (unpaired) electrons. The summed E-state index contributed by atoms with van der Waals surface area (Å²) in [5.41, 5.74) is 5.68. The molecule has 5 rings (SSSR count). The second-order valence-electron chi connectivity index (χ2n) is 7.92. The van der Waals surface area contributed by atoms with Gasteiger partial charge in [-0.05, 0) is 43.3 Å². The zero-order valence-corrected chi connectivity index (χ0v) is 19.1. The van der Waals surface area contributed by atoms with Gasteiger partial charge >= 0.3 is 5.97 Å². The van der Waals surface area contributed by atoms with E-state index in [1.807, 2.05) is 72.8 Å². The van der Waals surface area contributed by atoms with E-state index in [1.165, 1.54) is 0 Å². The summed E-state index contributed by atoms with van der Waals surface area (Å²) in [5.74, 6) is -0.427. The van der Waals surface area contributed by atoms with E-state index >= 15 is 0 Å². The number of aromatic nitrogens is 2. The van der Waals surface area contributed by atoms with E-state index in [2.05, 4.69) is 9.97 Å². The second-order valence-corrected chi connectivity index (χ2v) is 7.92. The van der Waals surface area contributed by atoms with Crippen LogP contribution in [0.25, 0.3) is 22.2 Å². The zero-order valence-electron chi connectivity index (χ0n) is 19.1. The molecule has 0 bridgehead atoms. The number of pyridine rings is 1. The molecule has 3 aromatic carbocycles. The molecule has 2 N–H and O–H groups in total. The quantitative estimate of drug-likeness (QED) is 0.230. The number of ether oxygens (including phenoxy) is 1. The smallest absolute Gasteiger partial charge is 0.338 e. The molecule has 0 aliphatic heterocycles. The first-order chi connectivity index (χ1) is 17.1. The number of hydrogen-bond acceptors (Lipinski definition) is 5. The molecule has 0 unspecified atom stereocenters. The molecule has 5 aromatic rings. The summed E-state index contributed by atoms with van der Waals surface area (Å²) >= 11 is 0. The Morgan fingerprint density at radius 2 is 1.71 bits per heavy atom. The molecule has 0 fully saturated rings. The highest BCUT2D eigenvalue weighted by Crippen LogP contribution is 2.32. The minimum absolute atomic E-state index is 0.0197. The number of aliphatic imine (C=N–C) groups is 1. The summed E-state index contributed by atoms with van der Waals surface area (Å²) in [6, 6.07) is 28.5. The second kappa shape index (κ2) is 9.65. The molecular formula is C29H23N3O3. The fraction of sp³-hybridized carbons (Fsp3) is 0.0690. The van der Waals surface area contributed by atoms with E-state index in [0.29, 0.717) is 29.0 Å². The molecule has 0 spiro atoms. The van der Waals surface area contributed by atoms with Crippen LogP contribution in [0.5, 0.6) is 5.88 Å². The standard InChI is InChI=1S/C29H23N3O3/c1-2-35-29(34)21-13-16-23-25(18-21)32-28(33)26(23)27(20-8-4-3-5-9-20)31-22-14-11-19(12-15-22)24-10-6-7-17-30-24/h3-18,32-33H,2H2,1H3. The first kappa shape index (κ1) is 22.1. The molecule has 0 amide bonds. The van der Waals surface area contributed by atoms with Crippen molar-refractivity contribution in [3.63, 3.8) is 0 Å². The number of nitrogens with one attached hydrogen (secondary N) is 1. The fourth-order valence-electron chi connectivity index (χ4n) is 3.99. The number of esters is 1. The van der Waals surface area contributed by atoms with Crippen molar-refractivity contribution >= 4 is 28.3 Å². The molecule has 6 heteroatoms. The molecule has 0 saturated heterocycles. The molecule has 0 aliphatic carbocycles. The molecule has 2 heterocycles. The van der Waals surface area contributed by atoms with Crippen LogP contribution in [0.1, 0.15) is 28.4 Å². The Labute approximate surface area is 202 Å². The van der Waals surface area contributed by atoms with Crippen LogP contribution in [0.3, 0.4) is 0 Å². The first-order valence-corrected chi connectivity index (χ1v) is 11.3. The van der Waals surface area contributed by atoms with E-state index in [4.69, 9.17) is 9.73 Å². The normalized spacial score (nSPS) is 11.5. The van der Waals surface area contributed by atoms with Crippen LogP contribution >= 0.6 is 0 Å². The highest BCUT2D eigenvalue weighted by atomic mass is 16.5. The SMILES string of the molecule is CCOC(=O)c1ccc2c(C(=Nc3ccc(-c4ccccn4)cc3)c3ccccc3)c(O)[nH]c2c1. The Hall–Kier alpha value is -4.71. The molecule has 0 saturated carbocycles. The molecule has 35 heavy (non-hydrogen) atoms. The number of H-pyrrole nitrogens is 1. The van der Waals surface area contributed by atoms with Gasteiger partial charge in [0.25, 0.3) is 0 Å². The molecule has 0 aliphatic rings. The molecule has 172 valence electrons. The van der Waals surface area contributed by atoms with E-state index < -0.39 is 5.97 Å². The van der Waals surface area contributed by atoms with Gasteiger partial charge in [0.05, 0.1) is 34.8 Å². The Morgan fingerprint density at radius 1 is 0.943 bits per heavy atom. The third kappa shape index (κ3) is 4.54. The summed E-state index contributed by atoms with van der Waals surface area (Å²) < 4.78 is 5.11. The fourth-order valence-corrected chi connectivity index (χ4v) is 3.99. The predicted molar refractivity (Wildman–Crippen MR) is 137 cm³/mol. The summed E-state index contributed by atoms with van der Waals surface area (Å²) in [6.07, 6.45) is 1.77. The van der Waals surface area contributed by atoms with E-state index in [1.54, 1.807) is 31.3 Å². The van der Waals surface area contributed by atoms with Crippen LogP contribution in [0, 0.1) is 0 Å². The summed E-state index contributed by atoms with van der Waals surface area (Å²) in [6.45, 7) is 2.06. The largest absolute Gasteiger partial charge is 0.494 e. The van der Waals surface area contributed by atoms with Gasteiger partial charge in [-0.25, -0.2) is 9.79 Å². The third-order valence-electron chi connectivity index (χ3n) is 5.64. The average Bonchev–Trinajstić information content (AvgIpc) is 3.23. The monoisotopic (exact) mass is 461 g/mol. The van der Waals surface area contributed by atoms with Gasteiger partial charge in [0.1, 0.15) is 0 Å². The van der Waals surface area contributed by atoms with Crippen molar-refractivity contribution in [1.82, 2.24) is 9.97 Å². The maximum absolute atomic E-state index is 12.2. The van der Waals surface area contributed by atoms with Gasteiger partial charge in [-0.2, -0.15) is 0 Å². The minimum Gasteiger partial charge on any atom is -0.494 e. The van der Waals surface area contributed by atoms with Crippen molar-refractivity contribution in [2.24, 2.45) is 4.99 Å². The summed E-state index contributed by atoms with van der Waals surface area (Å²) in [5, 5.41) is 11.7. The Morgan fingerprint density at radius 3 is 2.43 bits per heavy atom. The number of benzene rings is 3. The number of hydrogen-bond donors (Lipinski definition) is 2. The van der Waals surface area contributed by atoms with E-state index in [9.17, 15) is 9.90 Å². The number of nitrogens with zero attached hydrogens (tertiary/aromatic N) is 2. The third-order valence-corrected chi connectivity index (χ3v) is 5.64. The van der Waals surface area contributed by atoms with Gasteiger partial charge in [0.15, 0.2) is 5.88 Å². The highest BCUT2D eigenvalue weighted by Gasteiger charge is 2.20. The van der Waals surface area contributed by atoms with Crippen LogP contribution in [-0.4, -0.2) is 33.4 Å². The van der Waals surface area contributed by atoms with Crippen molar-refractivity contribution in [2.75, 3.05) is 6.61 Å². The minimum atomic E-state index is -0.407. The van der Waals surface area contributed by atoms with Crippen molar-refractivity contribution in [3.8, 4) is 17.1 Å². The van der Waals surface area contributed by atoms with Crippen molar-refractivity contribution in [1.29, 1.82) is 0 Å². The van der Waals surface area contributed by atoms with Crippen molar-refractivity contribution < 1.29 is 14.6 Å². The Kier molecular flexibility index (Phi) is 6.09. The number of rotatable bonds is 6. The molecular weight excluding hydrogens is 438 g/mol.